The molecule has 0 spiro atoms. The summed E-state index contributed by atoms with van der Waals surface area (Å²) in [6.07, 6.45) is 5.18. The number of methoxy groups -OCH3 is 3. The molecule has 2 aliphatic heterocycles. The first kappa shape index (κ1) is 23.6. The number of hydrogen-bond acceptors (Lipinski definition) is 7. The third-order valence-electron chi connectivity index (χ3n) is 5.90. The molecule has 2 heterocycles. The number of ether oxygens (including phenoxy) is 3. The van der Waals surface area contributed by atoms with Crippen molar-refractivity contribution in [3.63, 3.8) is 0 Å². The lowest BCUT2D eigenvalue weighted by Gasteiger charge is -2.24. The molecular formula is C23H31N3O6. The zero-order chi connectivity index (χ0) is 23.1. The molecule has 2 fully saturated rings. The number of hydrogen-bond donors (Lipinski definition) is 2. The molecule has 1 aromatic rings. The topological polar surface area (TPSA) is 106 Å². The highest BCUT2D eigenvalue weighted by Crippen LogP contribution is 2.28. The Balaban J connectivity index is 1.68. The van der Waals surface area contributed by atoms with Gasteiger partial charge in [-0.05, 0) is 43.2 Å². The van der Waals surface area contributed by atoms with Gasteiger partial charge in [0.05, 0.1) is 27.2 Å². The summed E-state index contributed by atoms with van der Waals surface area (Å²) < 4.78 is 15.4. The Kier molecular flexibility index (Phi) is 8.10. The van der Waals surface area contributed by atoms with Crippen LogP contribution in [0.15, 0.2) is 24.3 Å². The summed E-state index contributed by atoms with van der Waals surface area (Å²) in [6, 6.07) is 4.27. The van der Waals surface area contributed by atoms with Gasteiger partial charge in [0.1, 0.15) is 6.04 Å². The minimum atomic E-state index is -0.739. The van der Waals surface area contributed by atoms with Gasteiger partial charge in [0.15, 0.2) is 11.5 Å². The fraction of sp³-hybridized carbons (Fsp3) is 0.522. The molecule has 9 nitrogen and oxygen atoms in total. The van der Waals surface area contributed by atoms with E-state index in [0.29, 0.717) is 24.5 Å². The van der Waals surface area contributed by atoms with Crippen LogP contribution in [-0.2, 0) is 19.1 Å². The third kappa shape index (κ3) is 5.59. The Morgan fingerprint density at radius 2 is 1.94 bits per heavy atom. The summed E-state index contributed by atoms with van der Waals surface area (Å²) in [7, 11) is 4.39. The summed E-state index contributed by atoms with van der Waals surface area (Å²) in [5.74, 6) is 0.194. The monoisotopic (exact) mass is 445 g/mol. The van der Waals surface area contributed by atoms with Gasteiger partial charge in [-0.25, -0.2) is 4.79 Å². The molecule has 1 aromatic carbocycles. The van der Waals surface area contributed by atoms with Gasteiger partial charge in [-0.3, -0.25) is 9.59 Å². The Morgan fingerprint density at radius 1 is 1.16 bits per heavy atom. The first-order valence-electron chi connectivity index (χ1n) is 10.8. The third-order valence-corrected chi connectivity index (χ3v) is 5.90. The van der Waals surface area contributed by atoms with E-state index in [-0.39, 0.29) is 30.3 Å². The number of rotatable bonds is 7. The van der Waals surface area contributed by atoms with E-state index in [1.807, 2.05) is 0 Å². The maximum Gasteiger partial charge on any atom is 0.328 e. The number of esters is 1. The highest BCUT2D eigenvalue weighted by atomic mass is 16.5. The van der Waals surface area contributed by atoms with Gasteiger partial charge in [0.25, 0.3) is 0 Å². The van der Waals surface area contributed by atoms with Crippen LogP contribution in [0.1, 0.15) is 24.8 Å². The van der Waals surface area contributed by atoms with Crippen LogP contribution in [-0.4, -0.2) is 75.7 Å². The fourth-order valence-corrected chi connectivity index (χ4v) is 4.16. The van der Waals surface area contributed by atoms with Gasteiger partial charge in [-0.15, -0.1) is 0 Å². The van der Waals surface area contributed by atoms with E-state index in [1.165, 1.54) is 18.1 Å². The van der Waals surface area contributed by atoms with Gasteiger partial charge in [-0.2, -0.15) is 0 Å². The van der Waals surface area contributed by atoms with Crippen molar-refractivity contribution in [1.29, 1.82) is 0 Å². The highest BCUT2D eigenvalue weighted by Gasteiger charge is 2.40. The standard InChI is InChI=1S/C23H31N3O6/c1-30-19-8-6-15(11-20(19)31-2)7-9-21(27)26-14-17(12-18(26)23(29)32-3)25-22(28)16-5-4-10-24-13-16/h6-9,11,16-18,24H,4-5,10,12-14H2,1-3H3,(H,25,28)/b9-7+/t16?,17-,18-/m0/s1. The summed E-state index contributed by atoms with van der Waals surface area (Å²) in [5, 5.41) is 6.23. The van der Waals surface area contributed by atoms with Crippen molar-refractivity contribution < 1.29 is 28.6 Å². The quantitative estimate of drug-likeness (QED) is 0.476. The van der Waals surface area contributed by atoms with Gasteiger partial charge < -0.3 is 29.7 Å². The maximum absolute atomic E-state index is 12.9. The van der Waals surface area contributed by atoms with Crippen molar-refractivity contribution in [3.05, 3.63) is 29.8 Å². The Labute approximate surface area is 188 Å². The number of carbonyl (C=O) groups excluding carboxylic acids is 3. The van der Waals surface area contributed by atoms with E-state index < -0.39 is 12.0 Å². The van der Waals surface area contributed by atoms with Crippen LogP contribution in [0.2, 0.25) is 0 Å². The number of nitrogens with one attached hydrogen (secondary N) is 2. The normalized spacial score (nSPS) is 23.1. The number of benzene rings is 1. The summed E-state index contributed by atoms with van der Waals surface area (Å²) >= 11 is 0. The predicted molar refractivity (Wildman–Crippen MR) is 118 cm³/mol. The molecule has 2 N–H and O–H groups in total. The van der Waals surface area contributed by atoms with E-state index in [0.717, 1.165) is 24.9 Å². The minimum Gasteiger partial charge on any atom is -0.493 e. The van der Waals surface area contributed by atoms with E-state index in [4.69, 9.17) is 14.2 Å². The van der Waals surface area contributed by atoms with E-state index >= 15 is 0 Å². The molecule has 0 aromatic heterocycles. The fourth-order valence-electron chi connectivity index (χ4n) is 4.16. The molecule has 3 rings (SSSR count). The Bertz CT molecular complexity index is 865. The van der Waals surface area contributed by atoms with Crippen LogP contribution in [0, 0.1) is 5.92 Å². The Hall–Kier alpha value is -3.07. The van der Waals surface area contributed by atoms with Crippen LogP contribution in [0.5, 0.6) is 11.5 Å². The SMILES string of the molecule is COC(=O)[C@@H]1C[C@H](NC(=O)C2CCCNC2)CN1C(=O)/C=C/c1ccc(OC)c(OC)c1. The van der Waals surface area contributed by atoms with Crippen LogP contribution < -0.4 is 20.1 Å². The predicted octanol–water partition coefficient (Wildman–Crippen LogP) is 0.975. The molecule has 2 aliphatic rings. The van der Waals surface area contributed by atoms with E-state index in [1.54, 1.807) is 38.5 Å². The highest BCUT2D eigenvalue weighted by molar-refractivity contribution is 5.95. The number of likely N-dealkylation sites (tertiary alicyclic amines) is 1. The molecule has 0 aliphatic carbocycles. The molecule has 32 heavy (non-hydrogen) atoms. The summed E-state index contributed by atoms with van der Waals surface area (Å²) in [6.45, 7) is 1.82. The lowest BCUT2D eigenvalue weighted by atomic mass is 9.98. The van der Waals surface area contributed by atoms with Crippen molar-refractivity contribution in [1.82, 2.24) is 15.5 Å². The second-order valence-electron chi connectivity index (χ2n) is 7.96. The molecule has 0 saturated carbocycles. The van der Waals surface area contributed by atoms with E-state index in [2.05, 4.69) is 10.6 Å². The lowest BCUT2D eigenvalue weighted by molar-refractivity contribution is -0.149. The van der Waals surface area contributed by atoms with Crippen LogP contribution in [0.25, 0.3) is 6.08 Å². The number of amides is 2. The first-order chi connectivity index (χ1) is 15.5. The zero-order valence-electron chi connectivity index (χ0n) is 18.8. The second kappa shape index (κ2) is 11.0. The zero-order valence-corrected chi connectivity index (χ0v) is 18.8. The van der Waals surface area contributed by atoms with Crippen LogP contribution in [0.3, 0.4) is 0 Å². The van der Waals surface area contributed by atoms with Crippen molar-refractivity contribution in [2.45, 2.75) is 31.3 Å². The lowest BCUT2D eigenvalue weighted by Crippen LogP contribution is -2.45. The van der Waals surface area contributed by atoms with Crippen LogP contribution in [0.4, 0.5) is 0 Å². The van der Waals surface area contributed by atoms with Crippen molar-refractivity contribution >= 4 is 23.9 Å². The number of piperidine rings is 1. The minimum absolute atomic E-state index is 0.0408. The molecular weight excluding hydrogens is 414 g/mol. The van der Waals surface area contributed by atoms with Gasteiger partial charge in [0, 0.05) is 31.6 Å². The summed E-state index contributed by atoms with van der Waals surface area (Å²) in [5.41, 5.74) is 0.750. The maximum atomic E-state index is 12.9. The number of nitrogens with zero attached hydrogens (tertiary/aromatic N) is 1. The van der Waals surface area contributed by atoms with Gasteiger partial charge in [-0.1, -0.05) is 6.07 Å². The Morgan fingerprint density at radius 3 is 2.59 bits per heavy atom. The molecule has 0 radical (unpaired) electrons. The molecule has 0 bridgehead atoms. The number of carbonyl (C=O) groups is 3. The molecule has 174 valence electrons. The molecule has 1 unspecified atom stereocenters. The van der Waals surface area contributed by atoms with Crippen molar-refractivity contribution in [2.75, 3.05) is 41.0 Å². The molecule has 2 saturated heterocycles. The van der Waals surface area contributed by atoms with Gasteiger partial charge >= 0.3 is 5.97 Å². The van der Waals surface area contributed by atoms with Crippen molar-refractivity contribution in [3.8, 4) is 11.5 Å². The van der Waals surface area contributed by atoms with Crippen LogP contribution >= 0.6 is 0 Å². The van der Waals surface area contributed by atoms with E-state index in [9.17, 15) is 14.4 Å². The largest absolute Gasteiger partial charge is 0.493 e. The first-order valence-corrected chi connectivity index (χ1v) is 10.8. The smallest absolute Gasteiger partial charge is 0.328 e. The van der Waals surface area contributed by atoms with Crippen molar-refractivity contribution in [2.24, 2.45) is 5.92 Å². The summed E-state index contributed by atoms with van der Waals surface area (Å²) in [4.78, 5) is 39.3. The second-order valence-corrected chi connectivity index (χ2v) is 7.96. The molecule has 3 atom stereocenters. The van der Waals surface area contributed by atoms with Gasteiger partial charge in [0.2, 0.25) is 11.8 Å². The molecule has 2 amide bonds. The average Bonchev–Trinajstić information content (AvgIpc) is 3.26. The average molecular weight is 446 g/mol. The molecule has 9 heteroatoms.